The van der Waals surface area contributed by atoms with Crippen molar-refractivity contribution in [1.29, 1.82) is 0 Å². The molecule has 0 aliphatic carbocycles. The highest BCUT2D eigenvalue weighted by atomic mass is 35.5. The third-order valence-electron chi connectivity index (χ3n) is 3.31. The lowest BCUT2D eigenvalue weighted by atomic mass is 10.1. The molecule has 92 valence electrons. The zero-order chi connectivity index (χ0) is 11.1. The first-order valence-corrected chi connectivity index (χ1v) is 5.85. The first kappa shape index (κ1) is 15.4. The summed E-state index contributed by atoms with van der Waals surface area (Å²) in [7, 11) is 0. The predicted molar refractivity (Wildman–Crippen MR) is 65.4 cm³/mol. The zero-order valence-corrected chi connectivity index (χ0v) is 11.1. The fraction of sp³-hybridized carbons (Fsp3) is 0.538. The van der Waals surface area contributed by atoms with Gasteiger partial charge in [-0.15, -0.1) is 0 Å². The summed E-state index contributed by atoms with van der Waals surface area (Å²) in [6, 6.07) is 10.7. The summed E-state index contributed by atoms with van der Waals surface area (Å²) in [5.74, 6) is 0. The Morgan fingerprint density at radius 3 is 2.06 bits per heavy atom. The lowest BCUT2D eigenvalue weighted by molar-refractivity contribution is -0.936. The minimum atomic E-state index is 0. The van der Waals surface area contributed by atoms with Gasteiger partial charge in [0.15, 0.2) is 0 Å². The molecule has 0 fully saturated rings. The molecule has 0 aromatic heterocycles. The molecule has 0 atom stereocenters. The van der Waals surface area contributed by atoms with Gasteiger partial charge in [0.1, 0.15) is 6.54 Å². The monoisotopic (exact) mass is 242 g/mol. The summed E-state index contributed by atoms with van der Waals surface area (Å²) in [5.41, 5.74) is 7.12. The summed E-state index contributed by atoms with van der Waals surface area (Å²) in [6.07, 6.45) is 0. The molecule has 16 heavy (non-hydrogen) atoms. The third-order valence-corrected chi connectivity index (χ3v) is 3.31. The Labute approximate surface area is 105 Å². The van der Waals surface area contributed by atoms with Crippen molar-refractivity contribution in [2.75, 3.05) is 26.2 Å². The van der Waals surface area contributed by atoms with Gasteiger partial charge >= 0.3 is 0 Å². The van der Waals surface area contributed by atoms with Gasteiger partial charge < -0.3 is 22.6 Å². The van der Waals surface area contributed by atoms with E-state index in [1.165, 1.54) is 5.56 Å². The van der Waals surface area contributed by atoms with E-state index in [0.29, 0.717) is 0 Å². The van der Waals surface area contributed by atoms with Crippen molar-refractivity contribution in [3.05, 3.63) is 35.9 Å². The fourth-order valence-electron chi connectivity index (χ4n) is 2.09. The van der Waals surface area contributed by atoms with Gasteiger partial charge in [-0.25, -0.2) is 0 Å². The van der Waals surface area contributed by atoms with E-state index in [0.717, 1.165) is 37.2 Å². The standard InChI is InChI=1S/C13H23N2.ClH/c1-3-15(4-2,11-10-14)12-13-8-6-5-7-9-13;/h5-9H,3-4,10-12,14H2,1-2H3;1H/q+1;/p-1. The maximum atomic E-state index is 5.70. The number of halogens is 1. The Kier molecular flexibility index (Phi) is 7.39. The topological polar surface area (TPSA) is 26.0 Å². The van der Waals surface area contributed by atoms with E-state index in [2.05, 4.69) is 44.2 Å². The van der Waals surface area contributed by atoms with Crippen molar-refractivity contribution in [1.82, 2.24) is 0 Å². The van der Waals surface area contributed by atoms with Gasteiger partial charge in [0.05, 0.1) is 19.6 Å². The summed E-state index contributed by atoms with van der Waals surface area (Å²) >= 11 is 0. The van der Waals surface area contributed by atoms with E-state index in [1.54, 1.807) is 0 Å². The molecule has 0 saturated carbocycles. The molecular formula is C13H23ClN2. The van der Waals surface area contributed by atoms with Crippen LogP contribution in [0.2, 0.25) is 0 Å². The van der Waals surface area contributed by atoms with Gasteiger partial charge in [-0.1, -0.05) is 30.3 Å². The summed E-state index contributed by atoms with van der Waals surface area (Å²) in [5, 5.41) is 0. The molecule has 0 saturated heterocycles. The fourth-order valence-corrected chi connectivity index (χ4v) is 2.09. The largest absolute Gasteiger partial charge is 1.00 e. The molecule has 3 heteroatoms. The zero-order valence-electron chi connectivity index (χ0n) is 10.3. The molecule has 2 N–H and O–H groups in total. The molecule has 0 radical (unpaired) electrons. The van der Waals surface area contributed by atoms with Crippen LogP contribution < -0.4 is 18.1 Å². The van der Waals surface area contributed by atoms with Crippen LogP contribution in [0.3, 0.4) is 0 Å². The number of rotatable bonds is 6. The lowest BCUT2D eigenvalue weighted by Crippen LogP contribution is -3.00. The number of quaternary nitrogens is 1. The van der Waals surface area contributed by atoms with Crippen LogP contribution in [0.25, 0.3) is 0 Å². The first-order valence-electron chi connectivity index (χ1n) is 5.85. The average Bonchev–Trinajstić information content (AvgIpc) is 2.30. The first-order chi connectivity index (χ1) is 7.26. The van der Waals surface area contributed by atoms with Gasteiger partial charge in [0.25, 0.3) is 0 Å². The van der Waals surface area contributed by atoms with Crippen molar-refractivity contribution in [3.8, 4) is 0 Å². The van der Waals surface area contributed by atoms with Crippen molar-refractivity contribution in [2.45, 2.75) is 20.4 Å². The Hall–Kier alpha value is -0.570. The molecule has 0 amide bonds. The second-order valence-corrected chi connectivity index (χ2v) is 4.13. The van der Waals surface area contributed by atoms with E-state index < -0.39 is 0 Å². The van der Waals surface area contributed by atoms with Crippen LogP contribution in [0.15, 0.2) is 30.3 Å². The maximum absolute atomic E-state index is 5.70. The van der Waals surface area contributed by atoms with Crippen LogP contribution in [0.5, 0.6) is 0 Å². The Morgan fingerprint density at radius 2 is 1.62 bits per heavy atom. The summed E-state index contributed by atoms with van der Waals surface area (Å²) in [4.78, 5) is 0. The second-order valence-electron chi connectivity index (χ2n) is 4.13. The molecule has 0 aliphatic heterocycles. The third kappa shape index (κ3) is 4.12. The van der Waals surface area contributed by atoms with E-state index >= 15 is 0 Å². The van der Waals surface area contributed by atoms with Gasteiger partial charge in [0.2, 0.25) is 0 Å². The van der Waals surface area contributed by atoms with Gasteiger partial charge in [-0.2, -0.15) is 0 Å². The summed E-state index contributed by atoms with van der Waals surface area (Å²) in [6.45, 7) is 9.76. The number of hydrogen-bond donors (Lipinski definition) is 1. The molecular weight excluding hydrogens is 220 g/mol. The number of nitrogens with zero attached hydrogens (tertiary/aromatic N) is 1. The Morgan fingerprint density at radius 1 is 1.06 bits per heavy atom. The predicted octanol–water partition coefficient (Wildman–Crippen LogP) is -0.994. The normalized spacial score (nSPS) is 10.9. The molecule has 2 nitrogen and oxygen atoms in total. The van der Waals surface area contributed by atoms with E-state index in [9.17, 15) is 0 Å². The van der Waals surface area contributed by atoms with Crippen LogP contribution >= 0.6 is 0 Å². The van der Waals surface area contributed by atoms with Gasteiger partial charge in [-0.3, -0.25) is 0 Å². The highest BCUT2D eigenvalue weighted by Crippen LogP contribution is 2.13. The van der Waals surface area contributed by atoms with Crippen molar-refractivity contribution in [2.24, 2.45) is 5.73 Å². The molecule has 1 aromatic carbocycles. The number of nitrogens with two attached hydrogens (primary N) is 1. The molecule has 0 spiro atoms. The SMILES string of the molecule is CC[N+](CC)(CCN)Cc1ccccc1.[Cl-]. The second kappa shape index (κ2) is 7.66. The molecule has 0 bridgehead atoms. The molecule has 0 aliphatic rings. The molecule has 0 unspecified atom stereocenters. The minimum absolute atomic E-state index is 0. The number of likely N-dealkylation sites (N-methyl/N-ethyl adjacent to an activating group) is 1. The quantitative estimate of drug-likeness (QED) is 0.637. The highest BCUT2D eigenvalue weighted by molar-refractivity contribution is 5.13. The maximum Gasteiger partial charge on any atom is 0.104 e. The van der Waals surface area contributed by atoms with Crippen molar-refractivity contribution < 1.29 is 16.9 Å². The smallest absolute Gasteiger partial charge is 0.104 e. The Bertz CT molecular complexity index is 271. The van der Waals surface area contributed by atoms with Crippen LogP contribution in [0.4, 0.5) is 0 Å². The average molecular weight is 243 g/mol. The van der Waals surface area contributed by atoms with E-state index in [1.807, 2.05) is 0 Å². The van der Waals surface area contributed by atoms with Crippen LogP contribution in [0.1, 0.15) is 19.4 Å². The van der Waals surface area contributed by atoms with Gasteiger partial charge in [0, 0.05) is 12.1 Å². The molecule has 0 heterocycles. The molecule has 1 rings (SSSR count). The van der Waals surface area contributed by atoms with Crippen LogP contribution in [-0.2, 0) is 6.54 Å². The van der Waals surface area contributed by atoms with Crippen LogP contribution in [-0.4, -0.2) is 30.7 Å². The minimum Gasteiger partial charge on any atom is -1.00 e. The highest BCUT2D eigenvalue weighted by Gasteiger charge is 2.22. The molecule has 1 aromatic rings. The van der Waals surface area contributed by atoms with Gasteiger partial charge in [-0.05, 0) is 13.8 Å². The van der Waals surface area contributed by atoms with E-state index in [-0.39, 0.29) is 12.4 Å². The number of benzene rings is 1. The van der Waals surface area contributed by atoms with E-state index in [4.69, 9.17) is 5.73 Å². The lowest BCUT2D eigenvalue weighted by Gasteiger charge is -2.36. The summed E-state index contributed by atoms with van der Waals surface area (Å²) < 4.78 is 1.10. The van der Waals surface area contributed by atoms with Crippen LogP contribution in [0, 0.1) is 0 Å². The van der Waals surface area contributed by atoms with Crippen molar-refractivity contribution in [3.63, 3.8) is 0 Å². The van der Waals surface area contributed by atoms with Crippen molar-refractivity contribution >= 4 is 0 Å². The number of hydrogen-bond acceptors (Lipinski definition) is 1. The Balaban J connectivity index is 0.00000225.